The molecule has 1 unspecified atom stereocenters. The molecule has 22 heavy (non-hydrogen) atoms. The normalized spacial score (nSPS) is 15.4. The summed E-state index contributed by atoms with van der Waals surface area (Å²) in [6.45, 7) is 0. The molecule has 0 radical (unpaired) electrons. The zero-order valence-electron chi connectivity index (χ0n) is 12.3. The Morgan fingerprint density at radius 2 is 1.59 bits per heavy atom. The van der Waals surface area contributed by atoms with Gasteiger partial charge in [-0.1, -0.05) is 54.6 Å². The lowest BCUT2D eigenvalue weighted by Gasteiger charge is -2.29. The first kappa shape index (κ1) is 13.0. The minimum absolute atomic E-state index is 0.0861. The Morgan fingerprint density at radius 1 is 0.818 bits per heavy atom. The number of benzene rings is 3. The maximum absolute atomic E-state index is 6.28. The molecular weight excluding hydrogens is 272 g/mol. The van der Waals surface area contributed by atoms with Gasteiger partial charge in [-0.2, -0.15) is 0 Å². The lowest BCUT2D eigenvalue weighted by atomic mass is 9.89. The molecule has 0 saturated heterocycles. The molecule has 0 spiro atoms. The van der Waals surface area contributed by atoms with Crippen molar-refractivity contribution < 1.29 is 9.47 Å². The Hall–Kier alpha value is -2.74. The van der Waals surface area contributed by atoms with Crippen LogP contribution in [0.15, 0.2) is 72.8 Å². The molecule has 0 bridgehead atoms. The van der Waals surface area contributed by atoms with Crippen LogP contribution < -0.4 is 9.47 Å². The zero-order chi connectivity index (χ0) is 14.9. The molecule has 0 fully saturated rings. The summed E-state index contributed by atoms with van der Waals surface area (Å²) in [6.07, 6.45) is -0.0861. The SMILES string of the molecule is COc1ccc2c(c1)-c1ccccc1OC2c1ccccc1. The van der Waals surface area contributed by atoms with E-state index in [1.54, 1.807) is 7.11 Å². The van der Waals surface area contributed by atoms with Crippen LogP contribution in [0.4, 0.5) is 0 Å². The first-order chi connectivity index (χ1) is 10.9. The highest BCUT2D eigenvalue weighted by molar-refractivity contribution is 5.77. The van der Waals surface area contributed by atoms with Crippen molar-refractivity contribution in [3.8, 4) is 22.6 Å². The third kappa shape index (κ3) is 2.04. The molecule has 3 aromatic carbocycles. The van der Waals surface area contributed by atoms with E-state index >= 15 is 0 Å². The van der Waals surface area contributed by atoms with Crippen LogP contribution in [0.25, 0.3) is 11.1 Å². The maximum Gasteiger partial charge on any atom is 0.149 e. The quantitative estimate of drug-likeness (QED) is 0.671. The molecule has 0 aromatic heterocycles. The highest BCUT2D eigenvalue weighted by Gasteiger charge is 2.27. The first-order valence-electron chi connectivity index (χ1n) is 7.36. The minimum atomic E-state index is -0.0861. The van der Waals surface area contributed by atoms with E-state index in [9.17, 15) is 0 Å². The Bertz CT molecular complexity index is 809. The molecule has 1 aliphatic heterocycles. The van der Waals surface area contributed by atoms with Crippen molar-refractivity contribution >= 4 is 0 Å². The fraction of sp³-hybridized carbons (Fsp3) is 0.100. The van der Waals surface area contributed by atoms with Crippen LogP contribution in [0.3, 0.4) is 0 Å². The molecule has 1 atom stereocenters. The van der Waals surface area contributed by atoms with E-state index in [0.29, 0.717) is 0 Å². The van der Waals surface area contributed by atoms with Gasteiger partial charge in [0.05, 0.1) is 7.11 Å². The van der Waals surface area contributed by atoms with E-state index in [1.165, 1.54) is 11.1 Å². The molecule has 0 aliphatic carbocycles. The molecular formula is C20H16O2. The smallest absolute Gasteiger partial charge is 0.149 e. The summed E-state index contributed by atoms with van der Waals surface area (Å²) in [4.78, 5) is 0. The van der Waals surface area contributed by atoms with Crippen molar-refractivity contribution in [1.29, 1.82) is 0 Å². The lowest BCUT2D eigenvalue weighted by Crippen LogP contribution is -2.15. The van der Waals surface area contributed by atoms with Gasteiger partial charge in [-0.15, -0.1) is 0 Å². The molecule has 2 nitrogen and oxygen atoms in total. The molecule has 0 amide bonds. The lowest BCUT2D eigenvalue weighted by molar-refractivity contribution is 0.243. The van der Waals surface area contributed by atoms with Crippen LogP contribution in [-0.2, 0) is 0 Å². The van der Waals surface area contributed by atoms with Crippen LogP contribution in [0.2, 0.25) is 0 Å². The van der Waals surface area contributed by atoms with Crippen LogP contribution in [0.1, 0.15) is 17.2 Å². The Morgan fingerprint density at radius 3 is 2.41 bits per heavy atom. The molecule has 3 aromatic rings. The van der Waals surface area contributed by atoms with Crippen LogP contribution in [-0.4, -0.2) is 7.11 Å². The molecule has 2 heteroatoms. The van der Waals surface area contributed by atoms with Gasteiger partial charge in [-0.05, 0) is 29.3 Å². The maximum atomic E-state index is 6.28. The van der Waals surface area contributed by atoms with Crippen LogP contribution in [0.5, 0.6) is 11.5 Å². The van der Waals surface area contributed by atoms with E-state index < -0.39 is 0 Å². The van der Waals surface area contributed by atoms with Gasteiger partial charge in [0.1, 0.15) is 17.6 Å². The van der Waals surface area contributed by atoms with Crippen molar-refractivity contribution in [2.45, 2.75) is 6.10 Å². The van der Waals surface area contributed by atoms with Gasteiger partial charge in [0, 0.05) is 11.1 Å². The largest absolute Gasteiger partial charge is 0.497 e. The second-order valence-electron chi connectivity index (χ2n) is 5.36. The highest BCUT2D eigenvalue weighted by Crippen LogP contribution is 2.45. The number of fused-ring (bicyclic) bond motifs is 3. The summed E-state index contributed by atoms with van der Waals surface area (Å²) in [6, 6.07) is 24.7. The van der Waals surface area contributed by atoms with E-state index in [2.05, 4.69) is 30.3 Å². The first-order valence-corrected chi connectivity index (χ1v) is 7.36. The van der Waals surface area contributed by atoms with E-state index in [0.717, 1.165) is 22.6 Å². The number of hydrogen-bond acceptors (Lipinski definition) is 2. The van der Waals surface area contributed by atoms with Gasteiger partial charge in [-0.25, -0.2) is 0 Å². The zero-order valence-corrected chi connectivity index (χ0v) is 12.3. The summed E-state index contributed by atoms with van der Waals surface area (Å²) in [5, 5.41) is 0. The summed E-state index contributed by atoms with van der Waals surface area (Å²) in [7, 11) is 1.70. The fourth-order valence-electron chi connectivity index (χ4n) is 2.98. The topological polar surface area (TPSA) is 18.5 Å². The predicted molar refractivity (Wildman–Crippen MR) is 87.3 cm³/mol. The summed E-state index contributed by atoms with van der Waals surface area (Å²) in [5.41, 5.74) is 4.62. The molecule has 1 heterocycles. The van der Waals surface area contributed by atoms with Crippen molar-refractivity contribution in [3.63, 3.8) is 0 Å². The Kier molecular flexibility index (Phi) is 3.08. The molecule has 108 valence electrons. The average Bonchev–Trinajstić information content (AvgIpc) is 2.61. The number of rotatable bonds is 2. The van der Waals surface area contributed by atoms with E-state index in [1.807, 2.05) is 42.5 Å². The second kappa shape index (κ2) is 5.23. The monoisotopic (exact) mass is 288 g/mol. The number of methoxy groups -OCH3 is 1. The second-order valence-corrected chi connectivity index (χ2v) is 5.36. The van der Waals surface area contributed by atoms with Gasteiger partial charge >= 0.3 is 0 Å². The molecule has 0 saturated carbocycles. The van der Waals surface area contributed by atoms with Crippen molar-refractivity contribution in [2.24, 2.45) is 0 Å². The van der Waals surface area contributed by atoms with Crippen molar-refractivity contribution in [2.75, 3.05) is 7.11 Å². The van der Waals surface area contributed by atoms with Crippen molar-refractivity contribution in [1.82, 2.24) is 0 Å². The Balaban J connectivity index is 1.93. The van der Waals surface area contributed by atoms with Gasteiger partial charge in [0.25, 0.3) is 0 Å². The molecule has 0 N–H and O–H groups in total. The summed E-state index contributed by atoms with van der Waals surface area (Å²) in [5.74, 6) is 1.78. The van der Waals surface area contributed by atoms with Gasteiger partial charge in [-0.3, -0.25) is 0 Å². The third-order valence-corrected chi connectivity index (χ3v) is 4.07. The molecule has 4 rings (SSSR count). The molecule has 1 aliphatic rings. The number of hydrogen-bond donors (Lipinski definition) is 0. The average molecular weight is 288 g/mol. The van der Waals surface area contributed by atoms with Crippen LogP contribution in [0, 0.1) is 0 Å². The third-order valence-electron chi connectivity index (χ3n) is 4.07. The van der Waals surface area contributed by atoms with Crippen LogP contribution >= 0.6 is 0 Å². The number of para-hydroxylation sites is 1. The summed E-state index contributed by atoms with van der Waals surface area (Å²) >= 11 is 0. The standard InChI is InChI=1S/C20H16O2/c1-21-15-11-12-17-18(13-15)16-9-5-6-10-19(16)22-20(17)14-7-3-2-4-8-14/h2-13,20H,1H3. The van der Waals surface area contributed by atoms with Gasteiger partial charge in [0.2, 0.25) is 0 Å². The van der Waals surface area contributed by atoms with Gasteiger partial charge < -0.3 is 9.47 Å². The summed E-state index contributed by atoms with van der Waals surface area (Å²) < 4.78 is 11.7. The Labute approximate surface area is 129 Å². The fourth-order valence-corrected chi connectivity index (χ4v) is 2.98. The minimum Gasteiger partial charge on any atom is -0.497 e. The van der Waals surface area contributed by atoms with E-state index in [4.69, 9.17) is 9.47 Å². The highest BCUT2D eigenvalue weighted by atomic mass is 16.5. The number of ether oxygens (including phenoxy) is 2. The van der Waals surface area contributed by atoms with E-state index in [-0.39, 0.29) is 6.10 Å². The van der Waals surface area contributed by atoms with Crippen molar-refractivity contribution in [3.05, 3.63) is 83.9 Å². The van der Waals surface area contributed by atoms with Gasteiger partial charge in [0.15, 0.2) is 0 Å². The predicted octanol–water partition coefficient (Wildman–Crippen LogP) is 4.84.